The summed E-state index contributed by atoms with van der Waals surface area (Å²) < 4.78 is 0.988. The van der Waals surface area contributed by atoms with Crippen LogP contribution in [-0.4, -0.2) is 23.0 Å². The third-order valence-electron chi connectivity index (χ3n) is 6.16. The van der Waals surface area contributed by atoms with Crippen LogP contribution >= 0.6 is 15.9 Å². The van der Waals surface area contributed by atoms with E-state index in [1.54, 1.807) is 6.21 Å². The molecule has 2 amide bonds. The molecular formula is C19H17BrN2O2. The first-order valence-electron chi connectivity index (χ1n) is 8.42. The van der Waals surface area contributed by atoms with Gasteiger partial charge in [-0.3, -0.25) is 9.59 Å². The van der Waals surface area contributed by atoms with Crippen molar-refractivity contribution in [2.75, 3.05) is 0 Å². The van der Waals surface area contributed by atoms with Gasteiger partial charge in [0.1, 0.15) is 0 Å². The topological polar surface area (TPSA) is 49.7 Å². The highest BCUT2D eigenvalue weighted by Gasteiger charge is 2.67. The minimum atomic E-state index is -0.182. The second kappa shape index (κ2) is 4.88. The third-order valence-corrected chi connectivity index (χ3v) is 7.01. The number of benzene rings is 1. The molecule has 1 aliphatic heterocycles. The number of rotatable bonds is 2. The first-order valence-corrected chi connectivity index (χ1v) is 9.22. The van der Waals surface area contributed by atoms with Crippen LogP contribution in [0.25, 0.3) is 0 Å². The van der Waals surface area contributed by atoms with Crippen molar-refractivity contribution in [3.05, 3.63) is 46.0 Å². The summed E-state index contributed by atoms with van der Waals surface area (Å²) in [6.45, 7) is 2.01. The van der Waals surface area contributed by atoms with E-state index in [0.717, 1.165) is 20.6 Å². The van der Waals surface area contributed by atoms with E-state index in [0.29, 0.717) is 11.8 Å². The lowest BCUT2D eigenvalue weighted by Gasteiger charge is -2.37. The van der Waals surface area contributed by atoms with Gasteiger partial charge >= 0.3 is 0 Å². The maximum absolute atomic E-state index is 12.8. The number of halogens is 1. The van der Waals surface area contributed by atoms with Crippen LogP contribution in [0.2, 0.25) is 0 Å². The van der Waals surface area contributed by atoms with E-state index in [-0.39, 0.29) is 35.5 Å². The van der Waals surface area contributed by atoms with Gasteiger partial charge in [0, 0.05) is 4.47 Å². The van der Waals surface area contributed by atoms with Crippen LogP contribution in [0.4, 0.5) is 0 Å². The lowest BCUT2D eigenvalue weighted by Crippen LogP contribution is -2.40. The molecule has 2 bridgehead atoms. The van der Waals surface area contributed by atoms with Gasteiger partial charge in [-0.15, -0.1) is 0 Å². The fourth-order valence-electron chi connectivity index (χ4n) is 4.87. The Hall–Kier alpha value is -1.75. The zero-order valence-corrected chi connectivity index (χ0v) is 14.8. The Morgan fingerprint density at radius 1 is 1.12 bits per heavy atom. The Morgan fingerprint density at radius 3 is 2.33 bits per heavy atom. The number of carbonyl (C=O) groups excluding carboxylic acids is 2. The van der Waals surface area contributed by atoms with Crippen molar-refractivity contribution < 1.29 is 9.59 Å². The molecule has 1 saturated heterocycles. The Balaban J connectivity index is 1.44. The average Bonchev–Trinajstić information content (AvgIpc) is 3.35. The van der Waals surface area contributed by atoms with Gasteiger partial charge in [-0.25, -0.2) is 0 Å². The number of carbonyl (C=O) groups is 2. The van der Waals surface area contributed by atoms with Crippen molar-refractivity contribution >= 4 is 34.0 Å². The number of amides is 2. The zero-order chi connectivity index (χ0) is 16.6. The second-order valence-electron chi connectivity index (χ2n) is 7.40. The predicted octanol–water partition coefficient (Wildman–Crippen LogP) is 3.14. The Bertz CT molecular complexity index is 795. The molecule has 122 valence electrons. The minimum absolute atomic E-state index is 0.114. The molecule has 0 spiro atoms. The third kappa shape index (κ3) is 1.88. The van der Waals surface area contributed by atoms with Gasteiger partial charge in [-0.1, -0.05) is 40.2 Å². The van der Waals surface area contributed by atoms with Crippen molar-refractivity contribution in [3.63, 3.8) is 0 Å². The number of nitrogens with zero attached hydrogens (tertiary/aromatic N) is 2. The molecule has 0 N–H and O–H groups in total. The molecule has 1 aromatic rings. The van der Waals surface area contributed by atoms with E-state index < -0.39 is 0 Å². The van der Waals surface area contributed by atoms with E-state index in [9.17, 15) is 9.59 Å². The summed E-state index contributed by atoms with van der Waals surface area (Å²) in [6.07, 6.45) is 7.13. The van der Waals surface area contributed by atoms with Crippen LogP contribution in [0, 0.1) is 42.4 Å². The zero-order valence-electron chi connectivity index (χ0n) is 13.2. The molecule has 5 aliphatic rings. The smallest absolute Gasteiger partial charge is 0.254 e. The van der Waals surface area contributed by atoms with Gasteiger partial charge < -0.3 is 0 Å². The molecule has 6 atom stereocenters. The lowest BCUT2D eigenvalue weighted by molar-refractivity contribution is -0.140. The average molecular weight is 385 g/mol. The maximum atomic E-state index is 12.8. The molecule has 24 heavy (non-hydrogen) atoms. The molecule has 4 aliphatic carbocycles. The lowest BCUT2D eigenvalue weighted by atomic mass is 9.63. The van der Waals surface area contributed by atoms with E-state index in [1.165, 1.54) is 6.42 Å². The fourth-order valence-corrected chi connectivity index (χ4v) is 5.27. The standard InChI is InChI=1S/C19H17BrN2O2/c1-9-2-3-10(6-15(9)20)8-21-22-18(23)16-11-4-5-12(14-7-13(11)14)17(16)19(22)24/h2-6,8,11-14,16-17H,7H2,1H3/t11-,12-,13-,14+,16+,17+/m0/s1. The van der Waals surface area contributed by atoms with Crippen molar-refractivity contribution in [2.45, 2.75) is 13.3 Å². The quantitative estimate of drug-likeness (QED) is 0.446. The molecule has 1 heterocycles. The van der Waals surface area contributed by atoms with Gasteiger partial charge in [0.2, 0.25) is 0 Å². The Morgan fingerprint density at radius 2 is 1.75 bits per heavy atom. The largest absolute Gasteiger partial charge is 0.272 e. The summed E-state index contributed by atoms with van der Waals surface area (Å²) in [6, 6.07) is 5.86. The van der Waals surface area contributed by atoms with Crippen LogP contribution < -0.4 is 0 Å². The summed E-state index contributed by atoms with van der Waals surface area (Å²) in [7, 11) is 0. The van der Waals surface area contributed by atoms with Crippen LogP contribution in [0.15, 0.2) is 39.9 Å². The van der Waals surface area contributed by atoms with Crippen molar-refractivity contribution in [2.24, 2.45) is 40.6 Å². The molecule has 0 radical (unpaired) electrons. The van der Waals surface area contributed by atoms with Gasteiger partial charge in [-0.05, 0) is 54.2 Å². The van der Waals surface area contributed by atoms with Gasteiger partial charge in [0.25, 0.3) is 11.8 Å². The van der Waals surface area contributed by atoms with Gasteiger partial charge in [-0.2, -0.15) is 10.1 Å². The van der Waals surface area contributed by atoms with E-state index in [4.69, 9.17) is 0 Å². The second-order valence-corrected chi connectivity index (χ2v) is 8.25. The van der Waals surface area contributed by atoms with Crippen LogP contribution in [-0.2, 0) is 9.59 Å². The predicted molar refractivity (Wildman–Crippen MR) is 93.0 cm³/mol. The minimum Gasteiger partial charge on any atom is -0.272 e. The number of aryl methyl sites for hydroxylation is 1. The number of hydrazone groups is 1. The highest BCUT2D eigenvalue weighted by molar-refractivity contribution is 9.10. The highest BCUT2D eigenvalue weighted by atomic mass is 79.9. The van der Waals surface area contributed by atoms with Crippen LogP contribution in [0.5, 0.6) is 0 Å². The number of hydrogen-bond acceptors (Lipinski definition) is 3. The van der Waals surface area contributed by atoms with Gasteiger partial charge in [0.05, 0.1) is 18.1 Å². The molecule has 3 fully saturated rings. The molecule has 6 rings (SSSR count). The number of imide groups is 1. The summed E-state index contributed by atoms with van der Waals surface area (Å²) in [5, 5.41) is 5.37. The summed E-state index contributed by atoms with van der Waals surface area (Å²) in [4.78, 5) is 25.6. The molecule has 0 unspecified atom stereocenters. The van der Waals surface area contributed by atoms with E-state index in [1.807, 2.05) is 25.1 Å². The Labute approximate surface area is 148 Å². The summed E-state index contributed by atoms with van der Waals surface area (Å²) in [5.41, 5.74) is 2.00. The van der Waals surface area contributed by atoms with Crippen molar-refractivity contribution in [1.82, 2.24) is 5.01 Å². The summed E-state index contributed by atoms with van der Waals surface area (Å²) >= 11 is 3.49. The molecule has 0 aromatic heterocycles. The molecule has 2 saturated carbocycles. The molecule has 5 heteroatoms. The molecular weight excluding hydrogens is 368 g/mol. The number of allylic oxidation sites excluding steroid dienone is 2. The normalized spacial score (nSPS) is 38.8. The van der Waals surface area contributed by atoms with Crippen molar-refractivity contribution in [1.29, 1.82) is 0 Å². The number of hydrogen-bond donors (Lipinski definition) is 0. The summed E-state index contributed by atoms with van der Waals surface area (Å²) in [5.74, 6) is 1.14. The van der Waals surface area contributed by atoms with Gasteiger partial charge in [0.15, 0.2) is 0 Å². The Kier molecular flexibility index (Phi) is 2.97. The van der Waals surface area contributed by atoms with Crippen molar-refractivity contribution in [3.8, 4) is 0 Å². The first-order chi connectivity index (χ1) is 11.6. The van der Waals surface area contributed by atoms with E-state index >= 15 is 0 Å². The van der Waals surface area contributed by atoms with Crippen LogP contribution in [0.3, 0.4) is 0 Å². The molecule has 1 aromatic carbocycles. The fraction of sp³-hybridized carbons (Fsp3) is 0.421. The van der Waals surface area contributed by atoms with Crippen LogP contribution in [0.1, 0.15) is 17.5 Å². The maximum Gasteiger partial charge on any atom is 0.254 e. The highest BCUT2D eigenvalue weighted by Crippen LogP contribution is 2.65. The SMILES string of the molecule is Cc1ccc(C=NN2C(=O)[C@@H]3[C@H]4C=C[C@@H]([C@@H]5C[C@H]45)[C@H]3C2=O)cc1Br. The van der Waals surface area contributed by atoms with E-state index in [2.05, 4.69) is 33.2 Å². The first kappa shape index (κ1) is 14.6. The molecule has 4 nitrogen and oxygen atoms in total. The monoisotopic (exact) mass is 384 g/mol.